The highest BCUT2D eigenvalue weighted by atomic mass is 35.5. The molecule has 1 aliphatic heterocycles. The second-order valence-corrected chi connectivity index (χ2v) is 7.36. The predicted octanol–water partition coefficient (Wildman–Crippen LogP) is 4.81. The average Bonchev–Trinajstić information content (AvgIpc) is 2.80. The number of morpholine rings is 1. The fraction of sp³-hybridized carbons (Fsp3) is 0.261. The van der Waals surface area contributed by atoms with Gasteiger partial charge in [-0.1, -0.05) is 36.7 Å². The molecule has 0 spiro atoms. The number of ether oxygens (including phenoxy) is 2. The van der Waals surface area contributed by atoms with E-state index in [-0.39, 0.29) is 0 Å². The zero-order valence-corrected chi connectivity index (χ0v) is 17.9. The quantitative estimate of drug-likeness (QED) is 0.576. The van der Waals surface area contributed by atoms with Crippen molar-refractivity contribution in [1.82, 2.24) is 9.97 Å². The number of hydrogen-bond donors (Lipinski definition) is 1. The van der Waals surface area contributed by atoms with Crippen LogP contribution < -0.4 is 15.0 Å². The first-order valence-corrected chi connectivity index (χ1v) is 10.5. The molecule has 1 amide bonds. The lowest BCUT2D eigenvalue weighted by molar-refractivity contribution is 0.122. The van der Waals surface area contributed by atoms with Gasteiger partial charge in [-0.05, 0) is 42.8 Å². The maximum Gasteiger partial charge on any atom is 0.417 e. The summed E-state index contributed by atoms with van der Waals surface area (Å²) >= 11 is 6.50. The SMILES string of the molecule is CCc1c(Cl)nc(-c2ccc(NC(=O)Oc3ccccc3)cc2)nc1N1CCOCC1. The molecule has 0 radical (unpaired) electrons. The third kappa shape index (κ3) is 5.13. The summed E-state index contributed by atoms with van der Waals surface area (Å²) in [6, 6.07) is 16.1. The Morgan fingerprint density at radius 1 is 1.10 bits per heavy atom. The Bertz CT molecular complexity index is 1040. The first-order chi connectivity index (χ1) is 15.1. The van der Waals surface area contributed by atoms with Crippen LogP contribution in [0.5, 0.6) is 5.75 Å². The molecule has 8 heteroatoms. The second-order valence-electron chi connectivity index (χ2n) is 7.00. The van der Waals surface area contributed by atoms with E-state index in [9.17, 15) is 4.79 Å². The van der Waals surface area contributed by atoms with Gasteiger partial charge in [0.2, 0.25) is 0 Å². The number of rotatable bonds is 5. The molecule has 0 bridgehead atoms. The first kappa shape index (κ1) is 21.1. The van der Waals surface area contributed by atoms with E-state index >= 15 is 0 Å². The van der Waals surface area contributed by atoms with Crippen LogP contribution in [0, 0.1) is 0 Å². The largest absolute Gasteiger partial charge is 0.417 e. The number of aromatic nitrogens is 2. The molecule has 1 aliphatic rings. The maximum absolute atomic E-state index is 12.1. The van der Waals surface area contributed by atoms with Crippen molar-refractivity contribution in [2.75, 3.05) is 36.5 Å². The summed E-state index contributed by atoms with van der Waals surface area (Å²) in [5, 5.41) is 3.17. The van der Waals surface area contributed by atoms with Crippen LogP contribution in [0.4, 0.5) is 16.3 Å². The molecule has 1 N–H and O–H groups in total. The van der Waals surface area contributed by atoms with Gasteiger partial charge in [-0.25, -0.2) is 14.8 Å². The third-order valence-electron chi connectivity index (χ3n) is 4.94. The van der Waals surface area contributed by atoms with Crippen LogP contribution in [0.3, 0.4) is 0 Å². The topological polar surface area (TPSA) is 76.6 Å². The summed E-state index contributed by atoms with van der Waals surface area (Å²) in [6.07, 6.45) is 0.193. The van der Waals surface area contributed by atoms with Crippen molar-refractivity contribution in [2.24, 2.45) is 0 Å². The molecule has 0 unspecified atom stereocenters. The monoisotopic (exact) mass is 438 g/mol. The smallest absolute Gasteiger partial charge is 0.410 e. The van der Waals surface area contributed by atoms with Gasteiger partial charge in [0, 0.05) is 29.9 Å². The van der Waals surface area contributed by atoms with Crippen molar-refractivity contribution >= 4 is 29.2 Å². The number of halogens is 1. The van der Waals surface area contributed by atoms with Crippen LogP contribution in [0.15, 0.2) is 54.6 Å². The fourth-order valence-corrected chi connectivity index (χ4v) is 3.66. The van der Waals surface area contributed by atoms with E-state index in [1.165, 1.54) is 0 Å². The van der Waals surface area contributed by atoms with Crippen molar-refractivity contribution < 1.29 is 14.3 Å². The Morgan fingerprint density at radius 3 is 2.48 bits per heavy atom. The van der Waals surface area contributed by atoms with Crippen LogP contribution in [0.25, 0.3) is 11.4 Å². The normalized spacial score (nSPS) is 13.7. The van der Waals surface area contributed by atoms with Gasteiger partial charge in [-0.3, -0.25) is 5.32 Å². The van der Waals surface area contributed by atoms with Crippen molar-refractivity contribution in [3.8, 4) is 17.1 Å². The summed E-state index contributed by atoms with van der Waals surface area (Å²) in [7, 11) is 0. The lowest BCUT2D eigenvalue weighted by Gasteiger charge is -2.29. The Morgan fingerprint density at radius 2 is 1.81 bits per heavy atom. The van der Waals surface area contributed by atoms with E-state index < -0.39 is 6.09 Å². The van der Waals surface area contributed by atoms with E-state index in [1.807, 2.05) is 25.1 Å². The number of carbonyl (C=O) groups is 1. The molecule has 0 atom stereocenters. The number of para-hydroxylation sites is 1. The summed E-state index contributed by atoms with van der Waals surface area (Å²) in [5.41, 5.74) is 2.35. The lowest BCUT2D eigenvalue weighted by atomic mass is 10.1. The van der Waals surface area contributed by atoms with Crippen molar-refractivity contribution in [3.63, 3.8) is 0 Å². The number of anilines is 2. The van der Waals surface area contributed by atoms with Crippen molar-refractivity contribution in [2.45, 2.75) is 13.3 Å². The number of hydrogen-bond acceptors (Lipinski definition) is 6. The van der Waals surface area contributed by atoms with Crippen LogP contribution >= 0.6 is 11.6 Å². The molecule has 0 saturated carbocycles. The van der Waals surface area contributed by atoms with E-state index in [0.717, 1.165) is 36.5 Å². The van der Waals surface area contributed by atoms with Crippen molar-refractivity contribution in [1.29, 1.82) is 0 Å². The Balaban J connectivity index is 1.52. The summed E-state index contributed by atoms with van der Waals surface area (Å²) in [5.74, 6) is 1.88. The molecular formula is C23H23ClN4O3. The highest BCUT2D eigenvalue weighted by molar-refractivity contribution is 6.30. The number of nitrogens with zero attached hydrogens (tertiary/aromatic N) is 3. The van der Waals surface area contributed by atoms with Gasteiger partial charge in [0.1, 0.15) is 16.7 Å². The molecule has 7 nitrogen and oxygen atoms in total. The fourth-order valence-electron chi connectivity index (χ4n) is 3.36. The van der Waals surface area contributed by atoms with Crippen LogP contribution in [-0.4, -0.2) is 42.4 Å². The first-order valence-electron chi connectivity index (χ1n) is 10.2. The lowest BCUT2D eigenvalue weighted by Crippen LogP contribution is -2.37. The van der Waals surface area contributed by atoms with Crippen LogP contribution in [0.1, 0.15) is 12.5 Å². The van der Waals surface area contributed by atoms with Gasteiger partial charge in [0.05, 0.1) is 13.2 Å². The van der Waals surface area contributed by atoms with E-state index in [4.69, 9.17) is 26.1 Å². The molecule has 4 rings (SSSR count). The Hall–Kier alpha value is -3.16. The van der Waals surface area contributed by atoms with Gasteiger partial charge >= 0.3 is 6.09 Å². The predicted molar refractivity (Wildman–Crippen MR) is 121 cm³/mol. The van der Waals surface area contributed by atoms with Gasteiger partial charge in [0.15, 0.2) is 5.82 Å². The highest BCUT2D eigenvalue weighted by Crippen LogP contribution is 2.29. The number of carbonyl (C=O) groups excluding carboxylic acids is 1. The van der Waals surface area contributed by atoms with Gasteiger partial charge < -0.3 is 14.4 Å². The second kappa shape index (κ2) is 9.76. The Kier molecular flexibility index (Phi) is 6.64. The number of amides is 1. The highest BCUT2D eigenvalue weighted by Gasteiger charge is 2.20. The average molecular weight is 439 g/mol. The molecule has 2 aromatic carbocycles. The number of nitrogens with one attached hydrogen (secondary N) is 1. The standard InChI is InChI=1S/C23H23ClN4O3/c1-2-19-20(24)26-21(27-22(19)28-12-14-30-15-13-28)16-8-10-17(11-9-16)25-23(29)31-18-6-4-3-5-7-18/h3-11H,2,12-15H2,1H3,(H,25,29). The minimum atomic E-state index is -0.555. The Labute approximate surface area is 186 Å². The van der Waals surface area contributed by atoms with Crippen LogP contribution in [0.2, 0.25) is 5.15 Å². The molecule has 1 aromatic heterocycles. The molecule has 3 aromatic rings. The molecule has 1 fully saturated rings. The molecule has 31 heavy (non-hydrogen) atoms. The van der Waals surface area contributed by atoms with E-state index in [1.54, 1.807) is 36.4 Å². The number of benzene rings is 2. The minimum Gasteiger partial charge on any atom is -0.410 e. The molecule has 2 heterocycles. The summed E-state index contributed by atoms with van der Waals surface area (Å²) < 4.78 is 10.7. The summed E-state index contributed by atoms with van der Waals surface area (Å²) in [6.45, 7) is 4.92. The third-order valence-corrected chi connectivity index (χ3v) is 5.25. The molecule has 1 saturated heterocycles. The van der Waals surface area contributed by atoms with Crippen LogP contribution in [-0.2, 0) is 11.2 Å². The minimum absolute atomic E-state index is 0.461. The zero-order chi connectivity index (χ0) is 21.6. The van der Waals surface area contributed by atoms with Crippen molar-refractivity contribution in [3.05, 3.63) is 65.3 Å². The molecular weight excluding hydrogens is 416 g/mol. The van der Waals surface area contributed by atoms with Gasteiger partial charge in [-0.15, -0.1) is 0 Å². The van der Waals surface area contributed by atoms with Gasteiger partial charge in [-0.2, -0.15) is 0 Å². The molecule has 0 aliphatic carbocycles. The van der Waals surface area contributed by atoms with Gasteiger partial charge in [0.25, 0.3) is 0 Å². The summed E-state index contributed by atoms with van der Waals surface area (Å²) in [4.78, 5) is 23.6. The van der Waals surface area contributed by atoms with E-state index in [2.05, 4.69) is 15.2 Å². The maximum atomic E-state index is 12.1. The molecule has 160 valence electrons. The van der Waals surface area contributed by atoms with E-state index in [0.29, 0.717) is 35.6 Å². The zero-order valence-electron chi connectivity index (χ0n) is 17.2.